The van der Waals surface area contributed by atoms with Gasteiger partial charge in [0.2, 0.25) is 0 Å². The maximum Gasteiger partial charge on any atom is 0.193 e. The van der Waals surface area contributed by atoms with Crippen LogP contribution in [0, 0.1) is 0 Å². The SMILES string of the molecule is O=c1cc(-c2ccc(OCCOCCNCc3ccccc3)cc2)oc2ccccc12. The fourth-order valence-electron chi connectivity index (χ4n) is 3.26. The van der Waals surface area contributed by atoms with Crippen LogP contribution >= 0.6 is 0 Å². The van der Waals surface area contributed by atoms with E-state index < -0.39 is 0 Å². The van der Waals surface area contributed by atoms with Crippen molar-refractivity contribution in [1.29, 1.82) is 0 Å². The fraction of sp³-hybridized carbons (Fsp3) is 0.192. The zero-order valence-corrected chi connectivity index (χ0v) is 17.3. The molecule has 0 aliphatic rings. The van der Waals surface area contributed by atoms with Crippen molar-refractivity contribution in [2.75, 3.05) is 26.4 Å². The van der Waals surface area contributed by atoms with E-state index in [0.29, 0.717) is 36.6 Å². The Bertz CT molecular complexity index is 1150. The molecule has 0 aliphatic carbocycles. The summed E-state index contributed by atoms with van der Waals surface area (Å²) >= 11 is 0. The van der Waals surface area contributed by atoms with Crippen LogP contribution in [-0.2, 0) is 11.3 Å². The van der Waals surface area contributed by atoms with Crippen LogP contribution in [0.25, 0.3) is 22.3 Å². The Morgan fingerprint density at radius 2 is 1.58 bits per heavy atom. The molecule has 4 aromatic rings. The predicted molar refractivity (Wildman–Crippen MR) is 122 cm³/mol. The average molecular weight is 415 g/mol. The first-order valence-corrected chi connectivity index (χ1v) is 10.4. The molecule has 1 heterocycles. The number of hydrogen-bond donors (Lipinski definition) is 1. The monoisotopic (exact) mass is 415 g/mol. The van der Waals surface area contributed by atoms with Crippen LogP contribution in [0.1, 0.15) is 5.56 Å². The van der Waals surface area contributed by atoms with Gasteiger partial charge in [0, 0.05) is 24.7 Å². The molecule has 1 aromatic heterocycles. The molecule has 0 bridgehead atoms. The van der Waals surface area contributed by atoms with Crippen LogP contribution in [0.15, 0.2) is 94.1 Å². The molecular formula is C26H25NO4. The Kier molecular flexibility index (Phi) is 7.11. The molecule has 0 aliphatic heterocycles. The molecule has 0 radical (unpaired) electrons. The van der Waals surface area contributed by atoms with E-state index in [2.05, 4.69) is 17.4 Å². The summed E-state index contributed by atoms with van der Waals surface area (Å²) in [6.45, 7) is 3.26. The van der Waals surface area contributed by atoms with Gasteiger partial charge in [0.05, 0.1) is 18.6 Å². The molecule has 0 fully saturated rings. The smallest absolute Gasteiger partial charge is 0.193 e. The third-order valence-corrected chi connectivity index (χ3v) is 4.86. The molecule has 0 spiro atoms. The molecule has 5 nitrogen and oxygen atoms in total. The van der Waals surface area contributed by atoms with Gasteiger partial charge in [-0.1, -0.05) is 42.5 Å². The standard InChI is InChI=1S/C26H25NO4/c28-24-18-26(31-25-9-5-4-8-23(24)25)21-10-12-22(13-11-21)30-17-16-29-15-14-27-19-20-6-2-1-3-7-20/h1-13,18,27H,14-17,19H2. The molecule has 5 heteroatoms. The van der Waals surface area contributed by atoms with Crippen molar-refractivity contribution < 1.29 is 13.9 Å². The largest absolute Gasteiger partial charge is 0.491 e. The number of ether oxygens (including phenoxy) is 2. The Labute approximate surface area is 181 Å². The summed E-state index contributed by atoms with van der Waals surface area (Å²) in [6, 6.07) is 26.6. The number of rotatable bonds is 10. The van der Waals surface area contributed by atoms with E-state index in [4.69, 9.17) is 13.9 Å². The molecule has 0 saturated heterocycles. The molecule has 0 unspecified atom stereocenters. The van der Waals surface area contributed by atoms with Gasteiger partial charge in [-0.3, -0.25) is 4.79 Å². The Balaban J connectivity index is 1.19. The molecule has 158 valence electrons. The van der Waals surface area contributed by atoms with E-state index in [-0.39, 0.29) is 5.43 Å². The van der Waals surface area contributed by atoms with Crippen molar-refractivity contribution >= 4 is 11.0 Å². The second-order valence-electron chi connectivity index (χ2n) is 7.12. The molecule has 4 rings (SSSR count). The average Bonchev–Trinajstić information content (AvgIpc) is 2.82. The minimum absolute atomic E-state index is 0.0485. The van der Waals surface area contributed by atoms with Gasteiger partial charge in [-0.2, -0.15) is 0 Å². The highest BCUT2D eigenvalue weighted by atomic mass is 16.5. The highest BCUT2D eigenvalue weighted by molar-refractivity contribution is 5.78. The lowest BCUT2D eigenvalue weighted by Gasteiger charge is -2.09. The molecule has 31 heavy (non-hydrogen) atoms. The van der Waals surface area contributed by atoms with Gasteiger partial charge in [0.15, 0.2) is 5.43 Å². The van der Waals surface area contributed by atoms with Crippen molar-refractivity contribution in [2.45, 2.75) is 6.54 Å². The Hall–Kier alpha value is -3.41. The van der Waals surface area contributed by atoms with E-state index in [1.54, 1.807) is 12.1 Å². The summed E-state index contributed by atoms with van der Waals surface area (Å²) in [4.78, 5) is 12.3. The first kappa shape index (κ1) is 20.8. The minimum atomic E-state index is -0.0485. The van der Waals surface area contributed by atoms with Gasteiger partial charge in [-0.25, -0.2) is 0 Å². The summed E-state index contributed by atoms with van der Waals surface area (Å²) in [5.74, 6) is 1.29. The molecule has 0 saturated carbocycles. The second kappa shape index (κ2) is 10.6. The Morgan fingerprint density at radius 3 is 2.42 bits per heavy atom. The second-order valence-corrected chi connectivity index (χ2v) is 7.12. The summed E-state index contributed by atoms with van der Waals surface area (Å²) in [7, 11) is 0. The van der Waals surface area contributed by atoms with Crippen LogP contribution in [0.4, 0.5) is 0 Å². The number of benzene rings is 3. The molecule has 0 amide bonds. The van der Waals surface area contributed by atoms with Crippen LogP contribution in [0.2, 0.25) is 0 Å². The summed E-state index contributed by atoms with van der Waals surface area (Å²) in [6.07, 6.45) is 0. The van der Waals surface area contributed by atoms with Gasteiger partial charge < -0.3 is 19.2 Å². The lowest BCUT2D eigenvalue weighted by Crippen LogP contribution is -2.20. The topological polar surface area (TPSA) is 60.7 Å². The predicted octanol–water partition coefficient (Wildman–Crippen LogP) is 4.65. The van der Waals surface area contributed by atoms with Gasteiger partial charge in [0.1, 0.15) is 23.7 Å². The highest BCUT2D eigenvalue weighted by Crippen LogP contribution is 2.24. The van der Waals surface area contributed by atoms with Crippen LogP contribution < -0.4 is 15.5 Å². The van der Waals surface area contributed by atoms with Gasteiger partial charge in [0.25, 0.3) is 0 Å². The van der Waals surface area contributed by atoms with E-state index >= 15 is 0 Å². The van der Waals surface area contributed by atoms with Crippen molar-refractivity contribution in [3.63, 3.8) is 0 Å². The molecular weight excluding hydrogens is 390 g/mol. The third-order valence-electron chi connectivity index (χ3n) is 4.86. The first-order valence-electron chi connectivity index (χ1n) is 10.4. The number of fused-ring (bicyclic) bond motifs is 1. The summed E-state index contributed by atoms with van der Waals surface area (Å²) in [5, 5.41) is 3.93. The van der Waals surface area contributed by atoms with Crippen molar-refractivity contribution in [3.8, 4) is 17.1 Å². The van der Waals surface area contributed by atoms with Gasteiger partial charge in [-0.15, -0.1) is 0 Å². The maximum atomic E-state index is 12.3. The van der Waals surface area contributed by atoms with E-state index in [0.717, 1.165) is 24.4 Å². The number of para-hydroxylation sites is 1. The quantitative estimate of drug-likeness (QED) is 0.382. The third kappa shape index (κ3) is 5.81. The summed E-state index contributed by atoms with van der Waals surface area (Å²) < 4.78 is 17.2. The van der Waals surface area contributed by atoms with Gasteiger partial charge in [-0.05, 0) is 42.0 Å². The molecule has 3 aromatic carbocycles. The lowest BCUT2D eigenvalue weighted by atomic mass is 10.1. The van der Waals surface area contributed by atoms with Gasteiger partial charge >= 0.3 is 0 Å². The first-order chi connectivity index (χ1) is 15.3. The fourth-order valence-corrected chi connectivity index (χ4v) is 3.26. The van der Waals surface area contributed by atoms with E-state index in [1.807, 2.05) is 54.6 Å². The van der Waals surface area contributed by atoms with Crippen LogP contribution in [-0.4, -0.2) is 26.4 Å². The normalized spacial score (nSPS) is 11.0. The highest BCUT2D eigenvalue weighted by Gasteiger charge is 2.06. The van der Waals surface area contributed by atoms with Crippen molar-refractivity contribution in [2.24, 2.45) is 0 Å². The minimum Gasteiger partial charge on any atom is -0.491 e. The Morgan fingerprint density at radius 1 is 0.806 bits per heavy atom. The zero-order chi connectivity index (χ0) is 21.3. The van der Waals surface area contributed by atoms with Crippen LogP contribution in [0.3, 0.4) is 0 Å². The molecule has 1 N–H and O–H groups in total. The van der Waals surface area contributed by atoms with E-state index in [1.165, 1.54) is 11.6 Å². The maximum absolute atomic E-state index is 12.3. The van der Waals surface area contributed by atoms with Crippen LogP contribution in [0.5, 0.6) is 5.75 Å². The van der Waals surface area contributed by atoms with Crippen molar-refractivity contribution in [3.05, 3.63) is 101 Å². The number of nitrogens with one attached hydrogen (secondary N) is 1. The van der Waals surface area contributed by atoms with Crippen molar-refractivity contribution in [1.82, 2.24) is 5.32 Å². The zero-order valence-electron chi connectivity index (χ0n) is 17.3. The van der Waals surface area contributed by atoms with E-state index in [9.17, 15) is 4.79 Å². The lowest BCUT2D eigenvalue weighted by molar-refractivity contribution is 0.102. The molecule has 0 atom stereocenters. The number of hydrogen-bond acceptors (Lipinski definition) is 5. The summed E-state index contributed by atoms with van der Waals surface area (Å²) in [5.41, 5.74) is 2.63.